The summed E-state index contributed by atoms with van der Waals surface area (Å²) in [4.78, 5) is 51.4. The van der Waals surface area contributed by atoms with Crippen LogP contribution in [0.4, 0.5) is 11.4 Å². The number of carboxylic acid groups (broad SMARTS) is 1. The minimum absolute atomic E-state index is 0.0178. The number of amides is 3. The van der Waals surface area contributed by atoms with Crippen molar-refractivity contribution in [2.45, 2.75) is 13.5 Å². The average Bonchev–Trinajstić information content (AvgIpc) is 3.23. The molecule has 194 valence electrons. The number of fused-ring (bicyclic) bond motifs is 1. The van der Waals surface area contributed by atoms with Gasteiger partial charge in [-0.3, -0.25) is 24.6 Å². The summed E-state index contributed by atoms with van der Waals surface area (Å²) in [6, 6.07) is 20.4. The average molecular weight is 539 g/mol. The third-order valence-electron chi connectivity index (χ3n) is 6.21. The summed E-state index contributed by atoms with van der Waals surface area (Å²) in [7, 11) is 0. The van der Waals surface area contributed by atoms with E-state index in [-0.39, 0.29) is 28.7 Å². The molecule has 1 fully saturated rings. The van der Waals surface area contributed by atoms with E-state index in [0.717, 1.165) is 21.4 Å². The Bertz CT molecular complexity index is 1700. The lowest BCUT2D eigenvalue weighted by Crippen LogP contribution is -2.54. The molecule has 5 rings (SSSR count). The lowest BCUT2D eigenvalue weighted by atomic mass is 10.1. The highest BCUT2D eigenvalue weighted by Crippen LogP contribution is 2.27. The molecule has 3 aromatic carbocycles. The van der Waals surface area contributed by atoms with E-state index in [1.54, 1.807) is 10.8 Å². The van der Waals surface area contributed by atoms with Crippen LogP contribution in [0.15, 0.2) is 84.6 Å². The van der Waals surface area contributed by atoms with E-state index < -0.39 is 17.8 Å². The zero-order valence-corrected chi connectivity index (χ0v) is 21.5. The van der Waals surface area contributed by atoms with Gasteiger partial charge in [0.15, 0.2) is 5.11 Å². The maximum Gasteiger partial charge on any atom is 0.335 e. The van der Waals surface area contributed by atoms with Crippen molar-refractivity contribution in [3.8, 4) is 0 Å². The highest BCUT2D eigenvalue weighted by atomic mass is 32.1. The first-order chi connectivity index (χ1) is 18.7. The highest BCUT2D eigenvalue weighted by Gasteiger charge is 2.34. The van der Waals surface area contributed by atoms with Crippen molar-refractivity contribution in [2.75, 3.05) is 10.2 Å². The first kappa shape index (κ1) is 25.6. The van der Waals surface area contributed by atoms with E-state index in [1.807, 2.05) is 55.5 Å². The van der Waals surface area contributed by atoms with Crippen molar-refractivity contribution in [1.82, 2.24) is 9.88 Å². The first-order valence-electron chi connectivity index (χ1n) is 11.9. The van der Waals surface area contributed by atoms with Gasteiger partial charge in [-0.2, -0.15) is 0 Å². The zero-order valence-electron chi connectivity index (χ0n) is 20.7. The van der Waals surface area contributed by atoms with E-state index >= 15 is 0 Å². The summed E-state index contributed by atoms with van der Waals surface area (Å²) >= 11 is 5.24. The molecule has 3 N–H and O–H groups in total. The van der Waals surface area contributed by atoms with E-state index in [9.17, 15) is 19.2 Å². The Kier molecular flexibility index (Phi) is 6.78. The number of rotatable bonds is 6. The summed E-state index contributed by atoms with van der Waals surface area (Å²) in [5.41, 5.74) is 3.25. The lowest BCUT2D eigenvalue weighted by molar-refractivity contribution is -0.122. The van der Waals surface area contributed by atoms with Crippen LogP contribution < -0.4 is 15.5 Å². The fraction of sp³-hybridized carbons (Fsp3) is 0.0690. The van der Waals surface area contributed by atoms with Gasteiger partial charge in [0.1, 0.15) is 12.1 Å². The van der Waals surface area contributed by atoms with E-state index in [0.29, 0.717) is 16.9 Å². The maximum atomic E-state index is 13.4. The number of aryl methyl sites for hydroxylation is 1. The van der Waals surface area contributed by atoms with Gasteiger partial charge in [-0.05, 0) is 73.2 Å². The van der Waals surface area contributed by atoms with Crippen LogP contribution in [0.1, 0.15) is 21.5 Å². The minimum Gasteiger partial charge on any atom is -0.478 e. The number of nitrogens with zero attached hydrogens (tertiary/aromatic N) is 2. The van der Waals surface area contributed by atoms with Crippen LogP contribution in [0, 0.1) is 6.92 Å². The molecule has 0 bridgehead atoms. The summed E-state index contributed by atoms with van der Waals surface area (Å²) < 4.78 is 1.76. The fourth-order valence-corrected chi connectivity index (χ4v) is 4.68. The number of benzene rings is 3. The zero-order chi connectivity index (χ0) is 27.7. The number of para-hydroxylation sites is 1. The lowest BCUT2D eigenvalue weighted by Gasteiger charge is -2.28. The number of thiocarbonyl (C=S) groups is 1. The Balaban J connectivity index is 1.47. The van der Waals surface area contributed by atoms with Gasteiger partial charge >= 0.3 is 5.97 Å². The second kappa shape index (κ2) is 10.3. The quantitative estimate of drug-likeness (QED) is 0.193. The topological polar surface area (TPSA) is 121 Å². The number of aromatic nitrogens is 1. The molecule has 0 spiro atoms. The van der Waals surface area contributed by atoms with Crippen LogP contribution >= 0.6 is 12.2 Å². The molecule has 1 saturated heterocycles. The van der Waals surface area contributed by atoms with E-state index in [4.69, 9.17) is 17.3 Å². The molecule has 9 nitrogen and oxygen atoms in total. The molecular weight excluding hydrogens is 516 g/mol. The fourth-order valence-electron chi connectivity index (χ4n) is 4.40. The molecule has 0 radical (unpaired) electrons. The smallest absolute Gasteiger partial charge is 0.335 e. The Labute approximate surface area is 228 Å². The SMILES string of the molecule is Cc1cccc(NC(=O)Cn2cc(/C=C3\C(=O)NC(=S)N(c4ccc(C(=O)O)cc4)C3=O)c3ccccc32)c1. The molecule has 3 amide bonds. The standard InChI is InChI=1S/C29H22N4O5S/c1-17-5-4-6-20(13-17)30-25(34)16-32-15-19(22-7-2-3-8-24(22)32)14-23-26(35)31-29(39)33(27(23)36)21-11-9-18(10-12-21)28(37)38/h2-15H,16H2,1H3,(H,30,34)(H,37,38)(H,31,35,39)/b23-14+. The predicted octanol–water partition coefficient (Wildman–Crippen LogP) is 4.12. The third-order valence-corrected chi connectivity index (χ3v) is 6.49. The summed E-state index contributed by atoms with van der Waals surface area (Å²) in [5.74, 6) is -2.64. The number of carbonyl (C=O) groups excluding carboxylic acids is 3. The van der Waals surface area contributed by atoms with Gasteiger partial charge in [0.05, 0.1) is 11.3 Å². The summed E-state index contributed by atoms with van der Waals surface area (Å²) in [6.45, 7) is 1.96. The Hall–Kier alpha value is -5.09. The molecule has 10 heteroatoms. The van der Waals surface area contributed by atoms with Crippen molar-refractivity contribution >= 4 is 69.4 Å². The van der Waals surface area contributed by atoms with Gasteiger partial charge in [0, 0.05) is 28.4 Å². The molecule has 0 saturated carbocycles. The van der Waals surface area contributed by atoms with Crippen molar-refractivity contribution in [2.24, 2.45) is 0 Å². The van der Waals surface area contributed by atoms with Crippen LogP contribution in [-0.4, -0.2) is 38.5 Å². The number of anilines is 2. The summed E-state index contributed by atoms with van der Waals surface area (Å²) in [5, 5.41) is 15.2. The molecule has 2 heterocycles. The monoisotopic (exact) mass is 538 g/mol. The van der Waals surface area contributed by atoms with E-state index in [2.05, 4.69) is 10.6 Å². The van der Waals surface area contributed by atoms with Gasteiger partial charge in [0.25, 0.3) is 11.8 Å². The second-order valence-corrected chi connectivity index (χ2v) is 9.34. The van der Waals surface area contributed by atoms with E-state index in [1.165, 1.54) is 30.3 Å². The largest absolute Gasteiger partial charge is 0.478 e. The van der Waals surface area contributed by atoms with Gasteiger partial charge in [-0.25, -0.2) is 4.79 Å². The maximum absolute atomic E-state index is 13.4. The highest BCUT2D eigenvalue weighted by molar-refractivity contribution is 7.80. The van der Waals surface area contributed by atoms with Gasteiger partial charge in [-0.1, -0.05) is 30.3 Å². The van der Waals surface area contributed by atoms with Gasteiger partial charge in [0.2, 0.25) is 5.91 Å². The number of carbonyl (C=O) groups is 4. The molecule has 0 atom stereocenters. The van der Waals surface area contributed by atoms with Crippen LogP contribution in [-0.2, 0) is 20.9 Å². The van der Waals surface area contributed by atoms with Crippen LogP contribution in [0.5, 0.6) is 0 Å². The number of nitrogens with one attached hydrogen (secondary N) is 2. The predicted molar refractivity (Wildman–Crippen MR) is 151 cm³/mol. The molecule has 1 aromatic heterocycles. The first-order valence-corrected chi connectivity index (χ1v) is 12.3. The minimum atomic E-state index is -1.10. The molecular formula is C29H22N4O5S. The van der Waals surface area contributed by atoms with Crippen LogP contribution in [0.3, 0.4) is 0 Å². The molecule has 0 unspecified atom stereocenters. The van der Waals surface area contributed by atoms with Gasteiger partial charge in [-0.15, -0.1) is 0 Å². The van der Waals surface area contributed by atoms with Gasteiger partial charge < -0.3 is 15.0 Å². The van der Waals surface area contributed by atoms with Crippen molar-refractivity contribution in [1.29, 1.82) is 0 Å². The van der Waals surface area contributed by atoms with Crippen LogP contribution in [0.2, 0.25) is 0 Å². The molecule has 0 aliphatic carbocycles. The molecule has 1 aliphatic rings. The normalized spacial score (nSPS) is 14.5. The number of aromatic carboxylic acids is 1. The Morgan fingerprint density at radius 1 is 1.03 bits per heavy atom. The van der Waals surface area contributed by atoms with Crippen LogP contribution in [0.25, 0.3) is 17.0 Å². The molecule has 39 heavy (non-hydrogen) atoms. The molecule has 1 aliphatic heterocycles. The van der Waals surface area contributed by atoms with Crippen molar-refractivity contribution < 1.29 is 24.3 Å². The number of hydrogen-bond donors (Lipinski definition) is 3. The Morgan fingerprint density at radius 2 is 1.77 bits per heavy atom. The number of hydrogen-bond acceptors (Lipinski definition) is 5. The van der Waals surface area contributed by atoms with Crippen molar-refractivity contribution in [3.05, 3.63) is 101 Å². The third kappa shape index (κ3) is 5.18. The second-order valence-electron chi connectivity index (χ2n) is 8.96. The molecule has 4 aromatic rings. The number of carboxylic acids is 1. The van der Waals surface area contributed by atoms with Crippen molar-refractivity contribution in [3.63, 3.8) is 0 Å². The summed E-state index contributed by atoms with van der Waals surface area (Å²) in [6.07, 6.45) is 3.18. The Morgan fingerprint density at radius 3 is 2.49 bits per heavy atom.